The summed E-state index contributed by atoms with van der Waals surface area (Å²) < 4.78 is 0. The number of rotatable bonds is 4. The van der Waals surface area contributed by atoms with Gasteiger partial charge < -0.3 is 10.6 Å². The van der Waals surface area contributed by atoms with Crippen LogP contribution >= 0.6 is 11.6 Å². The summed E-state index contributed by atoms with van der Waals surface area (Å²) in [7, 11) is 0. The Balaban J connectivity index is 1.64. The van der Waals surface area contributed by atoms with Crippen molar-refractivity contribution in [2.75, 3.05) is 10.6 Å². The number of amides is 1. The number of hydrogen-bond donors (Lipinski definition) is 2. The summed E-state index contributed by atoms with van der Waals surface area (Å²) in [5, 5.41) is 6.61. The van der Waals surface area contributed by atoms with E-state index in [-0.39, 0.29) is 5.91 Å². The first kappa shape index (κ1) is 16.0. The van der Waals surface area contributed by atoms with E-state index in [1.54, 1.807) is 36.5 Å². The minimum atomic E-state index is -0.224. The van der Waals surface area contributed by atoms with Crippen LogP contribution in [0.25, 0.3) is 0 Å². The van der Waals surface area contributed by atoms with Crippen LogP contribution in [-0.4, -0.2) is 10.9 Å². The maximum absolute atomic E-state index is 12.1. The molecule has 0 atom stereocenters. The molecular formula is C19H16ClN3O. The highest BCUT2D eigenvalue weighted by atomic mass is 35.5. The molecule has 3 aromatic rings. The van der Waals surface area contributed by atoms with Gasteiger partial charge in [-0.3, -0.25) is 4.79 Å². The first-order valence-corrected chi connectivity index (χ1v) is 7.84. The van der Waals surface area contributed by atoms with Crippen molar-refractivity contribution >= 4 is 34.7 Å². The molecule has 0 fully saturated rings. The fraction of sp³-hybridized carbons (Fsp3) is 0.0526. The van der Waals surface area contributed by atoms with E-state index in [2.05, 4.69) is 15.6 Å². The monoisotopic (exact) mass is 337 g/mol. The lowest BCUT2D eigenvalue weighted by Gasteiger charge is -2.08. The minimum absolute atomic E-state index is 0.224. The van der Waals surface area contributed by atoms with Crippen molar-refractivity contribution in [3.63, 3.8) is 0 Å². The molecule has 4 nitrogen and oxygen atoms in total. The van der Waals surface area contributed by atoms with Crippen molar-refractivity contribution < 1.29 is 4.79 Å². The first-order chi connectivity index (χ1) is 11.6. The lowest BCUT2D eigenvalue weighted by Crippen LogP contribution is -2.12. The maximum atomic E-state index is 12.1. The molecule has 3 rings (SSSR count). The number of nitrogens with one attached hydrogen (secondary N) is 2. The molecule has 0 bridgehead atoms. The quantitative estimate of drug-likeness (QED) is 0.701. The van der Waals surface area contributed by atoms with Gasteiger partial charge in [0.25, 0.3) is 5.91 Å². The summed E-state index contributed by atoms with van der Waals surface area (Å²) in [6.07, 6.45) is 1.68. The molecule has 0 radical (unpaired) electrons. The third-order valence-electron chi connectivity index (χ3n) is 3.45. The number of carbonyl (C=O) groups excluding carboxylic acids is 1. The number of hydrogen-bond acceptors (Lipinski definition) is 3. The fourth-order valence-electron chi connectivity index (χ4n) is 2.14. The molecule has 0 saturated carbocycles. The number of nitrogens with zero attached hydrogens (tertiary/aromatic N) is 1. The molecule has 0 spiro atoms. The number of pyridine rings is 1. The number of aromatic nitrogens is 1. The molecule has 5 heteroatoms. The zero-order valence-electron chi connectivity index (χ0n) is 13.1. The van der Waals surface area contributed by atoms with Gasteiger partial charge >= 0.3 is 0 Å². The smallest absolute Gasteiger partial charge is 0.256 e. The lowest BCUT2D eigenvalue weighted by molar-refractivity contribution is 0.102. The highest BCUT2D eigenvalue weighted by Crippen LogP contribution is 2.18. The van der Waals surface area contributed by atoms with Gasteiger partial charge in [0.15, 0.2) is 0 Å². The number of halogens is 1. The Bertz CT molecular complexity index is 828. The molecule has 1 heterocycles. The zero-order valence-corrected chi connectivity index (χ0v) is 13.8. The zero-order chi connectivity index (χ0) is 16.9. The van der Waals surface area contributed by atoms with Gasteiger partial charge in [0.05, 0.1) is 11.9 Å². The third kappa shape index (κ3) is 4.12. The van der Waals surface area contributed by atoms with Crippen LogP contribution in [0.2, 0.25) is 5.02 Å². The summed E-state index contributed by atoms with van der Waals surface area (Å²) in [5.41, 5.74) is 3.57. The minimum Gasteiger partial charge on any atom is -0.354 e. The predicted octanol–water partition coefficient (Wildman–Crippen LogP) is 5.04. The van der Waals surface area contributed by atoms with E-state index in [9.17, 15) is 4.79 Å². The molecule has 0 saturated heterocycles. The van der Waals surface area contributed by atoms with Gasteiger partial charge in [0.2, 0.25) is 0 Å². The molecular weight excluding hydrogens is 322 g/mol. The van der Waals surface area contributed by atoms with Crippen LogP contribution in [0.15, 0.2) is 66.9 Å². The van der Waals surface area contributed by atoms with Crippen molar-refractivity contribution in [1.82, 2.24) is 4.98 Å². The standard InChI is InChI=1S/C19H16ClN3O/c1-13-2-8-16(9-3-13)22-17-10-11-18(21-12-17)23-19(24)14-4-6-15(20)7-5-14/h2-12,22H,1H3,(H,21,23,24). The van der Waals surface area contributed by atoms with Gasteiger partial charge in [-0.2, -0.15) is 0 Å². The molecule has 1 aromatic heterocycles. The molecule has 2 N–H and O–H groups in total. The Hall–Kier alpha value is -2.85. The van der Waals surface area contributed by atoms with Crippen molar-refractivity contribution in [2.45, 2.75) is 6.92 Å². The summed E-state index contributed by atoms with van der Waals surface area (Å²) in [6.45, 7) is 2.05. The van der Waals surface area contributed by atoms with Crippen LogP contribution in [0, 0.1) is 6.92 Å². The summed E-state index contributed by atoms with van der Waals surface area (Å²) in [5.74, 6) is 0.266. The van der Waals surface area contributed by atoms with Gasteiger partial charge in [-0.25, -0.2) is 4.98 Å². The normalized spacial score (nSPS) is 10.2. The van der Waals surface area contributed by atoms with E-state index in [1.807, 2.05) is 37.3 Å². The van der Waals surface area contributed by atoms with Gasteiger partial charge in [0.1, 0.15) is 5.82 Å². The Kier molecular flexibility index (Phi) is 4.77. The van der Waals surface area contributed by atoms with Crippen molar-refractivity contribution in [2.24, 2.45) is 0 Å². The van der Waals surface area contributed by atoms with E-state index in [0.29, 0.717) is 16.4 Å². The largest absolute Gasteiger partial charge is 0.354 e. The van der Waals surface area contributed by atoms with Gasteiger partial charge in [-0.1, -0.05) is 29.3 Å². The summed E-state index contributed by atoms with van der Waals surface area (Å²) in [4.78, 5) is 16.4. The van der Waals surface area contributed by atoms with Gasteiger partial charge in [0, 0.05) is 16.3 Å². The second kappa shape index (κ2) is 7.15. The molecule has 0 aliphatic rings. The molecule has 2 aromatic carbocycles. The molecule has 1 amide bonds. The van der Waals surface area contributed by atoms with Crippen molar-refractivity contribution in [3.8, 4) is 0 Å². The second-order valence-electron chi connectivity index (χ2n) is 5.38. The summed E-state index contributed by atoms with van der Waals surface area (Å²) in [6, 6.07) is 18.4. The molecule has 0 unspecified atom stereocenters. The first-order valence-electron chi connectivity index (χ1n) is 7.47. The molecule has 120 valence electrons. The highest BCUT2D eigenvalue weighted by molar-refractivity contribution is 6.30. The van der Waals surface area contributed by atoms with E-state index in [0.717, 1.165) is 11.4 Å². The Morgan fingerprint density at radius 1 is 0.917 bits per heavy atom. The van der Waals surface area contributed by atoms with E-state index >= 15 is 0 Å². The van der Waals surface area contributed by atoms with Crippen LogP contribution in [-0.2, 0) is 0 Å². The average Bonchev–Trinajstić information content (AvgIpc) is 2.59. The topological polar surface area (TPSA) is 54.0 Å². The average molecular weight is 338 g/mol. The lowest BCUT2D eigenvalue weighted by atomic mass is 10.2. The Morgan fingerprint density at radius 3 is 2.21 bits per heavy atom. The van der Waals surface area contributed by atoms with E-state index < -0.39 is 0 Å². The number of anilines is 3. The van der Waals surface area contributed by atoms with Crippen LogP contribution in [0.1, 0.15) is 15.9 Å². The molecule has 0 aliphatic carbocycles. The predicted molar refractivity (Wildman–Crippen MR) is 98.1 cm³/mol. The van der Waals surface area contributed by atoms with Gasteiger partial charge in [-0.15, -0.1) is 0 Å². The third-order valence-corrected chi connectivity index (χ3v) is 3.70. The molecule has 24 heavy (non-hydrogen) atoms. The van der Waals surface area contributed by atoms with Crippen LogP contribution in [0.4, 0.5) is 17.2 Å². The summed E-state index contributed by atoms with van der Waals surface area (Å²) >= 11 is 5.82. The number of aryl methyl sites for hydroxylation is 1. The van der Waals surface area contributed by atoms with Crippen LogP contribution < -0.4 is 10.6 Å². The van der Waals surface area contributed by atoms with Crippen molar-refractivity contribution in [1.29, 1.82) is 0 Å². The molecule has 0 aliphatic heterocycles. The fourth-order valence-corrected chi connectivity index (χ4v) is 2.26. The highest BCUT2D eigenvalue weighted by Gasteiger charge is 2.06. The van der Waals surface area contributed by atoms with Crippen molar-refractivity contribution in [3.05, 3.63) is 83.0 Å². The van der Waals surface area contributed by atoms with Crippen LogP contribution in [0.5, 0.6) is 0 Å². The van der Waals surface area contributed by atoms with E-state index in [1.165, 1.54) is 5.56 Å². The number of carbonyl (C=O) groups is 1. The van der Waals surface area contributed by atoms with Crippen LogP contribution in [0.3, 0.4) is 0 Å². The SMILES string of the molecule is Cc1ccc(Nc2ccc(NC(=O)c3ccc(Cl)cc3)nc2)cc1. The van der Waals surface area contributed by atoms with E-state index in [4.69, 9.17) is 11.6 Å². The number of benzene rings is 2. The van der Waals surface area contributed by atoms with Gasteiger partial charge in [-0.05, 0) is 55.5 Å². The second-order valence-corrected chi connectivity index (χ2v) is 5.82. The Labute approximate surface area is 145 Å². The maximum Gasteiger partial charge on any atom is 0.256 e. The Morgan fingerprint density at radius 2 is 1.58 bits per heavy atom.